The van der Waals surface area contributed by atoms with Crippen molar-refractivity contribution in [3.8, 4) is 5.75 Å². The Morgan fingerprint density at radius 2 is 1.78 bits per heavy atom. The highest BCUT2D eigenvalue weighted by Crippen LogP contribution is 2.20. The number of anilines is 1. The van der Waals surface area contributed by atoms with E-state index >= 15 is 0 Å². The maximum Gasteiger partial charge on any atom is 0.338 e. The first kappa shape index (κ1) is 18.7. The van der Waals surface area contributed by atoms with Crippen molar-refractivity contribution in [3.05, 3.63) is 59.9 Å². The predicted octanol–water partition coefficient (Wildman–Crippen LogP) is 2.34. The monoisotopic (exact) mass is 372 g/mol. The zero-order valence-corrected chi connectivity index (χ0v) is 15.1. The summed E-state index contributed by atoms with van der Waals surface area (Å²) in [6.45, 7) is 1.62. The van der Waals surface area contributed by atoms with Gasteiger partial charge in [0.1, 0.15) is 11.6 Å². The van der Waals surface area contributed by atoms with Crippen LogP contribution in [-0.2, 0) is 9.53 Å². The molecule has 3 rings (SSSR count). The lowest BCUT2D eigenvalue weighted by molar-refractivity contribution is -0.134. The van der Waals surface area contributed by atoms with Gasteiger partial charge in [-0.05, 0) is 30.3 Å². The number of hydrogen-bond acceptors (Lipinski definition) is 5. The maximum atomic E-state index is 13.9. The van der Waals surface area contributed by atoms with Crippen LogP contribution in [-0.4, -0.2) is 56.7 Å². The van der Waals surface area contributed by atoms with Crippen LogP contribution in [0.2, 0.25) is 0 Å². The van der Waals surface area contributed by atoms with Gasteiger partial charge in [-0.3, -0.25) is 4.79 Å². The summed E-state index contributed by atoms with van der Waals surface area (Å²) in [4.78, 5) is 27.9. The Balaban J connectivity index is 1.49. The van der Waals surface area contributed by atoms with Crippen molar-refractivity contribution in [2.24, 2.45) is 0 Å². The number of benzene rings is 2. The van der Waals surface area contributed by atoms with Crippen LogP contribution in [0.15, 0.2) is 48.5 Å². The van der Waals surface area contributed by atoms with E-state index in [-0.39, 0.29) is 18.3 Å². The van der Waals surface area contributed by atoms with Gasteiger partial charge in [-0.1, -0.05) is 18.2 Å². The number of halogens is 1. The second-order valence-corrected chi connectivity index (χ2v) is 6.13. The summed E-state index contributed by atoms with van der Waals surface area (Å²) >= 11 is 0. The number of carbonyl (C=O) groups excluding carboxylic acids is 2. The zero-order chi connectivity index (χ0) is 19.2. The first-order chi connectivity index (χ1) is 13.1. The van der Waals surface area contributed by atoms with Gasteiger partial charge < -0.3 is 19.3 Å². The van der Waals surface area contributed by atoms with Gasteiger partial charge >= 0.3 is 5.97 Å². The molecule has 1 amide bonds. The summed E-state index contributed by atoms with van der Waals surface area (Å²) in [6.07, 6.45) is 0. The molecule has 1 heterocycles. The summed E-state index contributed by atoms with van der Waals surface area (Å²) < 4.78 is 24.0. The number of methoxy groups -OCH3 is 1. The Kier molecular flexibility index (Phi) is 5.90. The van der Waals surface area contributed by atoms with E-state index in [0.717, 1.165) is 0 Å². The number of esters is 1. The van der Waals surface area contributed by atoms with E-state index in [1.54, 1.807) is 47.4 Å². The van der Waals surface area contributed by atoms with Gasteiger partial charge in [0.05, 0.1) is 18.4 Å². The standard InChI is InChI=1S/C20H21FN2O4/c1-26-16-6-4-5-15(13-16)20(25)27-14-19(24)23-11-9-22(10-12-23)18-8-3-2-7-17(18)21/h2-8,13H,9-12,14H2,1H3. The van der Waals surface area contributed by atoms with Crippen molar-refractivity contribution in [1.29, 1.82) is 0 Å². The van der Waals surface area contributed by atoms with Crippen LogP contribution in [0, 0.1) is 5.82 Å². The van der Waals surface area contributed by atoms with E-state index in [2.05, 4.69) is 0 Å². The van der Waals surface area contributed by atoms with E-state index in [0.29, 0.717) is 43.2 Å². The smallest absolute Gasteiger partial charge is 0.338 e. The Labute approximate surface area is 157 Å². The minimum absolute atomic E-state index is 0.264. The number of nitrogens with zero attached hydrogens (tertiary/aromatic N) is 2. The second-order valence-electron chi connectivity index (χ2n) is 6.13. The number of piperazine rings is 1. The molecule has 0 aliphatic carbocycles. The molecule has 0 N–H and O–H groups in total. The fraction of sp³-hybridized carbons (Fsp3) is 0.300. The number of amides is 1. The number of hydrogen-bond donors (Lipinski definition) is 0. The van der Waals surface area contributed by atoms with Gasteiger partial charge in [0.15, 0.2) is 6.61 Å². The molecule has 142 valence electrons. The van der Waals surface area contributed by atoms with Gasteiger partial charge in [-0.15, -0.1) is 0 Å². The second kappa shape index (κ2) is 8.53. The molecule has 27 heavy (non-hydrogen) atoms. The van der Waals surface area contributed by atoms with Crippen molar-refractivity contribution in [2.75, 3.05) is 44.8 Å². The molecular weight excluding hydrogens is 351 g/mol. The summed E-state index contributed by atoms with van der Waals surface area (Å²) in [5.74, 6) is -0.573. The first-order valence-corrected chi connectivity index (χ1v) is 8.67. The van der Waals surface area contributed by atoms with Crippen molar-refractivity contribution in [1.82, 2.24) is 4.90 Å². The highest BCUT2D eigenvalue weighted by Gasteiger charge is 2.23. The SMILES string of the molecule is COc1cccc(C(=O)OCC(=O)N2CCN(c3ccccc3F)CC2)c1. The molecule has 2 aromatic carbocycles. The van der Waals surface area contributed by atoms with E-state index in [1.165, 1.54) is 13.2 Å². The lowest BCUT2D eigenvalue weighted by atomic mass is 10.2. The number of rotatable bonds is 5. The van der Waals surface area contributed by atoms with Gasteiger partial charge in [-0.2, -0.15) is 0 Å². The average Bonchev–Trinajstić information content (AvgIpc) is 2.72. The maximum absolute atomic E-state index is 13.9. The van der Waals surface area contributed by atoms with E-state index < -0.39 is 5.97 Å². The molecule has 2 aromatic rings. The summed E-state index contributed by atoms with van der Waals surface area (Å²) in [7, 11) is 1.51. The van der Waals surface area contributed by atoms with Crippen LogP contribution in [0.3, 0.4) is 0 Å². The third-order valence-corrected chi connectivity index (χ3v) is 4.46. The van der Waals surface area contributed by atoms with Crippen LogP contribution in [0.4, 0.5) is 10.1 Å². The Morgan fingerprint density at radius 1 is 1.04 bits per heavy atom. The molecule has 6 nitrogen and oxygen atoms in total. The molecule has 0 atom stereocenters. The Hall–Kier alpha value is -3.09. The van der Waals surface area contributed by atoms with Crippen LogP contribution >= 0.6 is 0 Å². The van der Waals surface area contributed by atoms with Gasteiger partial charge in [0.2, 0.25) is 0 Å². The van der Waals surface area contributed by atoms with Crippen molar-refractivity contribution < 1.29 is 23.5 Å². The number of para-hydroxylation sites is 1. The van der Waals surface area contributed by atoms with Crippen molar-refractivity contribution in [3.63, 3.8) is 0 Å². The first-order valence-electron chi connectivity index (χ1n) is 8.67. The Morgan fingerprint density at radius 3 is 2.48 bits per heavy atom. The molecule has 0 aromatic heterocycles. The van der Waals surface area contributed by atoms with Gasteiger partial charge in [-0.25, -0.2) is 9.18 Å². The van der Waals surface area contributed by atoms with E-state index in [4.69, 9.17) is 9.47 Å². The lowest BCUT2D eigenvalue weighted by Crippen LogP contribution is -2.50. The molecule has 1 saturated heterocycles. The van der Waals surface area contributed by atoms with E-state index in [9.17, 15) is 14.0 Å². The van der Waals surface area contributed by atoms with Gasteiger partial charge in [0, 0.05) is 26.2 Å². The quantitative estimate of drug-likeness (QED) is 0.754. The largest absolute Gasteiger partial charge is 0.497 e. The van der Waals surface area contributed by atoms with Crippen LogP contribution in [0.5, 0.6) is 5.75 Å². The third-order valence-electron chi connectivity index (χ3n) is 4.46. The number of carbonyl (C=O) groups is 2. The normalized spacial score (nSPS) is 14.0. The lowest BCUT2D eigenvalue weighted by Gasteiger charge is -2.36. The molecule has 7 heteroatoms. The van der Waals surface area contributed by atoms with Crippen LogP contribution < -0.4 is 9.64 Å². The fourth-order valence-electron chi connectivity index (χ4n) is 2.96. The summed E-state index contributed by atoms with van der Waals surface area (Å²) in [6, 6.07) is 13.1. The van der Waals surface area contributed by atoms with Crippen molar-refractivity contribution >= 4 is 17.6 Å². The Bertz CT molecular complexity index is 819. The molecule has 0 radical (unpaired) electrons. The number of ether oxygens (including phenoxy) is 2. The summed E-state index contributed by atoms with van der Waals surface area (Å²) in [5, 5.41) is 0. The summed E-state index contributed by atoms with van der Waals surface area (Å²) in [5.41, 5.74) is 0.862. The predicted molar refractivity (Wildman–Crippen MR) is 98.5 cm³/mol. The van der Waals surface area contributed by atoms with Crippen LogP contribution in [0.25, 0.3) is 0 Å². The fourth-order valence-corrected chi connectivity index (χ4v) is 2.96. The molecule has 0 saturated carbocycles. The molecule has 1 fully saturated rings. The van der Waals surface area contributed by atoms with Gasteiger partial charge in [0.25, 0.3) is 5.91 Å². The van der Waals surface area contributed by atoms with Crippen LogP contribution in [0.1, 0.15) is 10.4 Å². The van der Waals surface area contributed by atoms with Crippen molar-refractivity contribution in [2.45, 2.75) is 0 Å². The molecule has 0 bridgehead atoms. The molecule has 1 aliphatic heterocycles. The average molecular weight is 372 g/mol. The highest BCUT2D eigenvalue weighted by atomic mass is 19.1. The third kappa shape index (κ3) is 4.55. The molecular formula is C20H21FN2O4. The van der Waals surface area contributed by atoms with E-state index in [1.807, 2.05) is 4.90 Å². The minimum atomic E-state index is -0.577. The topological polar surface area (TPSA) is 59.1 Å². The molecule has 0 unspecified atom stereocenters. The minimum Gasteiger partial charge on any atom is -0.497 e. The molecule has 1 aliphatic rings. The zero-order valence-electron chi connectivity index (χ0n) is 15.1. The molecule has 0 spiro atoms. The highest BCUT2D eigenvalue weighted by molar-refractivity contribution is 5.91.